The van der Waals surface area contributed by atoms with Gasteiger partial charge >= 0.3 is 0 Å². The molecule has 0 atom stereocenters. The van der Waals surface area contributed by atoms with Crippen LogP contribution in [0.15, 0.2) is 6.07 Å². The molecule has 13 heavy (non-hydrogen) atoms. The summed E-state index contributed by atoms with van der Waals surface area (Å²) in [6.07, 6.45) is 0.788. The van der Waals surface area contributed by atoms with Gasteiger partial charge in [0, 0.05) is 17.7 Å². The van der Waals surface area contributed by atoms with E-state index in [0.29, 0.717) is 5.69 Å². The monoisotopic (exact) mass is 222 g/mol. The van der Waals surface area contributed by atoms with Crippen LogP contribution in [0.25, 0.3) is 0 Å². The van der Waals surface area contributed by atoms with Crippen molar-refractivity contribution in [2.45, 2.75) is 19.1 Å². The molecule has 0 bridgehead atoms. The maximum Gasteiger partial charge on any atom is 0.238 e. The summed E-state index contributed by atoms with van der Waals surface area (Å²) in [4.78, 5) is 0. The first kappa shape index (κ1) is 10.5. The summed E-state index contributed by atoms with van der Waals surface area (Å²) >= 11 is 0. The van der Waals surface area contributed by atoms with Gasteiger partial charge in [-0.3, -0.25) is 4.68 Å². The van der Waals surface area contributed by atoms with Gasteiger partial charge in [0.2, 0.25) is 9.05 Å². The molecule has 0 radical (unpaired) electrons. The Morgan fingerprint density at radius 1 is 1.62 bits per heavy atom. The molecule has 1 aromatic rings. The maximum absolute atomic E-state index is 10.8. The second kappa shape index (κ2) is 3.67. The quantitative estimate of drug-likeness (QED) is 0.719. The lowest BCUT2D eigenvalue weighted by atomic mass is 10.3. The molecule has 4 nitrogen and oxygen atoms in total. The van der Waals surface area contributed by atoms with Crippen molar-refractivity contribution in [3.8, 4) is 0 Å². The second-order valence-corrected chi connectivity index (χ2v) is 5.56. The van der Waals surface area contributed by atoms with E-state index in [1.165, 1.54) is 0 Å². The Bertz CT molecular complexity index is 397. The molecular weight excluding hydrogens is 212 g/mol. The number of rotatable bonds is 3. The predicted octanol–water partition coefficient (Wildman–Crippen LogP) is 1.05. The highest BCUT2D eigenvalue weighted by Crippen LogP contribution is 2.10. The van der Waals surface area contributed by atoms with Gasteiger partial charge in [0.05, 0.1) is 11.4 Å². The SMILES string of the molecule is CCc1cc(CS(=O)(=O)Cl)n(C)n1. The van der Waals surface area contributed by atoms with Crippen molar-refractivity contribution >= 4 is 19.7 Å². The molecule has 0 unspecified atom stereocenters. The molecular formula is C7H11ClN2O2S. The average molecular weight is 223 g/mol. The molecule has 0 fully saturated rings. The molecule has 0 aliphatic carbocycles. The van der Waals surface area contributed by atoms with Crippen LogP contribution in [0.3, 0.4) is 0 Å². The molecule has 74 valence electrons. The Kier molecular flexibility index (Phi) is 2.98. The number of aryl methyl sites for hydroxylation is 2. The zero-order chi connectivity index (χ0) is 10.1. The summed E-state index contributed by atoms with van der Waals surface area (Å²) in [6.45, 7) is 1.96. The Morgan fingerprint density at radius 2 is 2.23 bits per heavy atom. The van der Waals surface area contributed by atoms with E-state index in [0.717, 1.165) is 12.1 Å². The number of halogens is 1. The zero-order valence-corrected chi connectivity index (χ0v) is 9.06. The Balaban J connectivity index is 2.95. The van der Waals surface area contributed by atoms with Gasteiger partial charge in [0.25, 0.3) is 0 Å². The van der Waals surface area contributed by atoms with E-state index >= 15 is 0 Å². The van der Waals surface area contributed by atoms with Gasteiger partial charge in [-0.2, -0.15) is 5.10 Å². The van der Waals surface area contributed by atoms with Crippen LogP contribution < -0.4 is 0 Å². The molecule has 1 rings (SSSR count). The van der Waals surface area contributed by atoms with Crippen molar-refractivity contribution in [2.24, 2.45) is 7.05 Å². The van der Waals surface area contributed by atoms with Gasteiger partial charge in [0.1, 0.15) is 5.75 Å². The third-order valence-corrected chi connectivity index (χ3v) is 2.68. The van der Waals surface area contributed by atoms with Gasteiger partial charge in [0.15, 0.2) is 0 Å². The molecule has 0 spiro atoms. The first-order valence-corrected chi connectivity index (χ1v) is 6.34. The van der Waals surface area contributed by atoms with Crippen LogP contribution in [-0.2, 0) is 28.3 Å². The molecule has 0 amide bonds. The van der Waals surface area contributed by atoms with Crippen molar-refractivity contribution in [1.82, 2.24) is 9.78 Å². The highest BCUT2D eigenvalue weighted by Gasteiger charge is 2.11. The van der Waals surface area contributed by atoms with E-state index in [9.17, 15) is 8.42 Å². The molecule has 6 heteroatoms. The lowest BCUT2D eigenvalue weighted by Gasteiger charge is -1.96. The fourth-order valence-electron chi connectivity index (χ4n) is 1.06. The Morgan fingerprint density at radius 3 is 2.62 bits per heavy atom. The minimum Gasteiger partial charge on any atom is -0.271 e. The zero-order valence-electron chi connectivity index (χ0n) is 7.49. The van der Waals surface area contributed by atoms with Gasteiger partial charge in [-0.15, -0.1) is 0 Å². The summed E-state index contributed by atoms with van der Waals surface area (Å²) in [6, 6.07) is 1.75. The van der Waals surface area contributed by atoms with Crippen LogP contribution in [-0.4, -0.2) is 18.2 Å². The van der Waals surface area contributed by atoms with E-state index in [-0.39, 0.29) is 5.75 Å². The van der Waals surface area contributed by atoms with E-state index in [1.807, 2.05) is 6.92 Å². The van der Waals surface area contributed by atoms with Crippen molar-refractivity contribution in [2.75, 3.05) is 0 Å². The molecule has 1 heterocycles. The third-order valence-electron chi connectivity index (χ3n) is 1.71. The van der Waals surface area contributed by atoms with E-state index in [2.05, 4.69) is 5.10 Å². The van der Waals surface area contributed by atoms with Crippen LogP contribution in [0, 0.1) is 0 Å². The average Bonchev–Trinajstić information content (AvgIpc) is 2.29. The van der Waals surface area contributed by atoms with Crippen LogP contribution in [0.1, 0.15) is 18.3 Å². The smallest absolute Gasteiger partial charge is 0.238 e. The van der Waals surface area contributed by atoms with Crippen molar-refractivity contribution < 1.29 is 8.42 Å². The van der Waals surface area contributed by atoms with Crippen LogP contribution in [0.4, 0.5) is 0 Å². The molecule has 0 N–H and O–H groups in total. The standard InChI is InChI=1S/C7H11ClN2O2S/c1-3-6-4-7(10(2)9-6)5-13(8,11)12/h4H,3,5H2,1-2H3. The highest BCUT2D eigenvalue weighted by molar-refractivity contribution is 8.13. The highest BCUT2D eigenvalue weighted by atomic mass is 35.7. The van der Waals surface area contributed by atoms with Gasteiger partial charge in [-0.05, 0) is 12.5 Å². The normalized spacial score (nSPS) is 11.9. The van der Waals surface area contributed by atoms with Gasteiger partial charge in [-0.1, -0.05) is 6.92 Å². The minimum atomic E-state index is -3.48. The summed E-state index contributed by atoms with van der Waals surface area (Å²) in [5.41, 5.74) is 1.49. The van der Waals surface area contributed by atoms with Gasteiger partial charge < -0.3 is 0 Å². The first-order chi connectivity index (χ1) is 5.92. The van der Waals surface area contributed by atoms with E-state index in [4.69, 9.17) is 10.7 Å². The van der Waals surface area contributed by atoms with Crippen LogP contribution in [0.5, 0.6) is 0 Å². The van der Waals surface area contributed by atoms with Crippen molar-refractivity contribution in [3.05, 3.63) is 17.5 Å². The summed E-state index contributed by atoms with van der Waals surface area (Å²) in [5, 5.41) is 4.11. The molecule has 1 aromatic heterocycles. The predicted molar refractivity (Wildman–Crippen MR) is 51.1 cm³/mol. The fraction of sp³-hybridized carbons (Fsp3) is 0.571. The number of hydrogen-bond acceptors (Lipinski definition) is 3. The third kappa shape index (κ3) is 3.00. The first-order valence-electron chi connectivity index (χ1n) is 3.86. The van der Waals surface area contributed by atoms with E-state index in [1.54, 1.807) is 17.8 Å². The van der Waals surface area contributed by atoms with Crippen molar-refractivity contribution in [1.29, 1.82) is 0 Å². The lowest BCUT2D eigenvalue weighted by Crippen LogP contribution is -2.02. The molecule has 0 aliphatic rings. The summed E-state index contributed by atoms with van der Waals surface area (Å²) in [5.74, 6) is -0.169. The number of nitrogens with zero attached hydrogens (tertiary/aromatic N) is 2. The van der Waals surface area contributed by atoms with E-state index < -0.39 is 9.05 Å². The summed E-state index contributed by atoms with van der Waals surface area (Å²) < 4.78 is 23.1. The second-order valence-electron chi connectivity index (χ2n) is 2.79. The number of aromatic nitrogens is 2. The Hall–Kier alpha value is -0.550. The Labute approximate surface area is 81.9 Å². The van der Waals surface area contributed by atoms with Crippen LogP contribution >= 0.6 is 10.7 Å². The summed E-state index contributed by atoms with van der Waals surface area (Å²) in [7, 11) is 3.34. The topological polar surface area (TPSA) is 52.0 Å². The van der Waals surface area contributed by atoms with Crippen molar-refractivity contribution in [3.63, 3.8) is 0 Å². The molecule has 0 saturated heterocycles. The largest absolute Gasteiger partial charge is 0.271 e. The molecule has 0 aliphatic heterocycles. The maximum atomic E-state index is 10.8. The van der Waals surface area contributed by atoms with Gasteiger partial charge in [-0.25, -0.2) is 8.42 Å². The molecule has 0 saturated carbocycles. The van der Waals surface area contributed by atoms with Crippen LogP contribution in [0.2, 0.25) is 0 Å². The minimum absolute atomic E-state index is 0.169. The molecule has 0 aromatic carbocycles. The number of hydrogen-bond donors (Lipinski definition) is 0. The fourth-order valence-corrected chi connectivity index (χ4v) is 2.01. The lowest BCUT2D eigenvalue weighted by molar-refractivity contribution is 0.605.